The van der Waals surface area contributed by atoms with Gasteiger partial charge >= 0.3 is 0 Å². The molecule has 0 amide bonds. The van der Waals surface area contributed by atoms with Gasteiger partial charge in [-0.3, -0.25) is 0 Å². The molecule has 1 fully saturated rings. The van der Waals surface area contributed by atoms with Crippen LogP contribution in [0.2, 0.25) is 0 Å². The molecule has 7 nitrogen and oxygen atoms in total. The van der Waals surface area contributed by atoms with Crippen LogP contribution in [0.5, 0.6) is 11.5 Å². The van der Waals surface area contributed by atoms with Gasteiger partial charge in [0.1, 0.15) is 5.82 Å². The van der Waals surface area contributed by atoms with E-state index in [1.807, 2.05) is 31.3 Å². The molecule has 1 saturated heterocycles. The minimum Gasteiger partial charge on any atom is -0.493 e. The molecular weight excluding hydrogens is 342 g/mol. The van der Waals surface area contributed by atoms with Crippen LogP contribution in [0.15, 0.2) is 30.5 Å². The number of methoxy groups -OCH3 is 1. The Balaban J connectivity index is 1.57. The Morgan fingerprint density at radius 3 is 2.89 bits per heavy atom. The van der Waals surface area contributed by atoms with E-state index in [9.17, 15) is 0 Å². The molecule has 2 aromatic rings. The van der Waals surface area contributed by atoms with Crippen molar-refractivity contribution in [3.63, 3.8) is 0 Å². The molecule has 1 unspecified atom stereocenters. The molecule has 2 N–H and O–H groups in total. The molecule has 1 aromatic heterocycles. The maximum atomic E-state index is 5.99. The van der Waals surface area contributed by atoms with Crippen molar-refractivity contribution in [1.82, 2.24) is 14.9 Å². The molecule has 1 atom stereocenters. The van der Waals surface area contributed by atoms with Crippen molar-refractivity contribution in [2.75, 3.05) is 51.0 Å². The van der Waals surface area contributed by atoms with Crippen molar-refractivity contribution in [2.45, 2.75) is 19.8 Å². The Morgan fingerprint density at radius 1 is 1.26 bits per heavy atom. The molecule has 1 aromatic carbocycles. The van der Waals surface area contributed by atoms with Gasteiger partial charge in [-0.15, -0.1) is 0 Å². The van der Waals surface area contributed by atoms with Crippen molar-refractivity contribution >= 4 is 17.5 Å². The average molecular weight is 371 g/mol. The van der Waals surface area contributed by atoms with Gasteiger partial charge in [-0.2, -0.15) is 4.98 Å². The highest BCUT2D eigenvalue weighted by Crippen LogP contribution is 2.31. The van der Waals surface area contributed by atoms with Crippen molar-refractivity contribution in [2.24, 2.45) is 5.92 Å². The molecule has 1 aliphatic heterocycles. The van der Waals surface area contributed by atoms with E-state index in [-0.39, 0.29) is 0 Å². The van der Waals surface area contributed by atoms with Gasteiger partial charge in [0.25, 0.3) is 0 Å². The number of benzene rings is 1. The summed E-state index contributed by atoms with van der Waals surface area (Å²) in [6.07, 6.45) is 4.02. The minimum atomic E-state index is 0.529. The Bertz CT molecular complexity index is 740. The van der Waals surface area contributed by atoms with Gasteiger partial charge in [-0.1, -0.05) is 6.92 Å². The normalized spacial score (nSPS) is 16.9. The SMILES string of the molecule is CNc1ccnc(Nc2ccc(OC)c(OCCCN3CCC(C)C3)c2)n1. The average Bonchev–Trinajstić information content (AvgIpc) is 3.11. The Hall–Kier alpha value is -2.54. The second kappa shape index (κ2) is 9.41. The van der Waals surface area contributed by atoms with Crippen molar-refractivity contribution in [3.8, 4) is 11.5 Å². The van der Waals surface area contributed by atoms with Gasteiger partial charge in [-0.05, 0) is 43.5 Å². The monoisotopic (exact) mass is 371 g/mol. The van der Waals surface area contributed by atoms with Crippen molar-refractivity contribution < 1.29 is 9.47 Å². The molecule has 1 aliphatic rings. The number of nitrogens with zero attached hydrogens (tertiary/aromatic N) is 3. The van der Waals surface area contributed by atoms with Gasteiger partial charge in [-0.25, -0.2) is 4.98 Å². The number of anilines is 3. The summed E-state index contributed by atoms with van der Waals surface area (Å²) in [6.45, 7) is 6.46. The number of hydrogen-bond acceptors (Lipinski definition) is 7. The highest BCUT2D eigenvalue weighted by molar-refractivity contribution is 5.60. The number of nitrogens with one attached hydrogen (secondary N) is 2. The summed E-state index contributed by atoms with van der Waals surface area (Å²) < 4.78 is 11.4. The van der Waals surface area contributed by atoms with Crippen LogP contribution in [0.25, 0.3) is 0 Å². The lowest BCUT2D eigenvalue weighted by atomic mass is 10.2. The fourth-order valence-corrected chi connectivity index (χ4v) is 3.25. The number of hydrogen-bond donors (Lipinski definition) is 2. The maximum absolute atomic E-state index is 5.99. The molecule has 0 bridgehead atoms. The first-order valence-corrected chi connectivity index (χ1v) is 9.49. The number of likely N-dealkylation sites (tertiary alicyclic amines) is 1. The summed E-state index contributed by atoms with van der Waals surface area (Å²) in [4.78, 5) is 11.1. The first-order valence-electron chi connectivity index (χ1n) is 9.49. The zero-order valence-corrected chi connectivity index (χ0v) is 16.4. The van der Waals surface area contributed by atoms with Gasteiger partial charge in [0, 0.05) is 38.1 Å². The molecule has 0 spiro atoms. The van der Waals surface area contributed by atoms with Gasteiger partial charge in [0.2, 0.25) is 5.95 Å². The Morgan fingerprint density at radius 2 is 2.15 bits per heavy atom. The van der Waals surface area contributed by atoms with Gasteiger partial charge in [0.05, 0.1) is 13.7 Å². The summed E-state index contributed by atoms with van der Waals surface area (Å²) in [5.74, 6) is 3.55. The number of aromatic nitrogens is 2. The first kappa shape index (κ1) is 19.2. The van der Waals surface area contributed by atoms with Crippen molar-refractivity contribution in [3.05, 3.63) is 30.5 Å². The third-order valence-electron chi connectivity index (χ3n) is 4.72. The molecule has 0 radical (unpaired) electrons. The number of rotatable bonds is 9. The largest absolute Gasteiger partial charge is 0.493 e. The zero-order chi connectivity index (χ0) is 19.1. The Kier molecular flexibility index (Phi) is 6.70. The molecule has 27 heavy (non-hydrogen) atoms. The summed E-state index contributed by atoms with van der Waals surface area (Å²) in [6, 6.07) is 7.55. The highest BCUT2D eigenvalue weighted by atomic mass is 16.5. The molecular formula is C20H29N5O2. The van der Waals surface area contributed by atoms with Crippen LogP contribution in [0.1, 0.15) is 19.8 Å². The van der Waals surface area contributed by atoms with E-state index in [0.29, 0.717) is 12.6 Å². The lowest BCUT2D eigenvalue weighted by Gasteiger charge is -2.16. The number of ether oxygens (including phenoxy) is 2. The van der Waals surface area contributed by atoms with E-state index in [4.69, 9.17) is 9.47 Å². The molecule has 3 rings (SSSR count). The predicted octanol–water partition coefficient (Wildman–Crippen LogP) is 3.38. The first-order chi connectivity index (χ1) is 13.2. The van der Waals surface area contributed by atoms with Crippen LogP contribution in [0.4, 0.5) is 17.5 Å². The van der Waals surface area contributed by atoms with Crippen LogP contribution in [0, 0.1) is 5.92 Å². The third kappa shape index (κ3) is 5.47. The molecule has 0 aliphatic carbocycles. The maximum Gasteiger partial charge on any atom is 0.229 e. The van der Waals surface area contributed by atoms with Crippen LogP contribution in [-0.2, 0) is 0 Å². The smallest absolute Gasteiger partial charge is 0.229 e. The standard InChI is InChI=1S/C20H29N5O2/c1-15-8-11-25(14-15)10-4-12-27-18-13-16(5-6-17(18)26-3)23-20-22-9-7-19(21-2)24-20/h5-7,9,13,15H,4,8,10-12,14H2,1-3H3,(H2,21,22,23,24). The second-order valence-electron chi connectivity index (χ2n) is 6.90. The predicted molar refractivity (Wildman–Crippen MR) is 108 cm³/mol. The molecule has 146 valence electrons. The summed E-state index contributed by atoms with van der Waals surface area (Å²) >= 11 is 0. The quantitative estimate of drug-likeness (QED) is 0.655. The highest BCUT2D eigenvalue weighted by Gasteiger charge is 2.17. The van der Waals surface area contributed by atoms with E-state index < -0.39 is 0 Å². The van der Waals surface area contributed by atoms with Crippen LogP contribution in [0.3, 0.4) is 0 Å². The Labute approximate surface area is 161 Å². The van der Waals surface area contributed by atoms with E-state index in [1.54, 1.807) is 13.3 Å². The second-order valence-corrected chi connectivity index (χ2v) is 6.90. The van der Waals surface area contributed by atoms with E-state index in [0.717, 1.165) is 41.9 Å². The van der Waals surface area contributed by atoms with E-state index in [2.05, 4.69) is 32.4 Å². The van der Waals surface area contributed by atoms with Crippen LogP contribution >= 0.6 is 0 Å². The minimum absolute atomic E-state index is 0.529. The summed E-state index contributed by atoms with van der Waals surface area (Å²) in [7, 11) is 3.48. The van der Waals surface area contributed by atoms with Crippen LogP contribution in [-0.4, -0.2) is 55.3 Å². The van der Waals surface area contributed by atoms with E-state index in [1.165, 1.54) is 19.5 Å². The lowest BCUT2D eigenvalue weighted by Crippen LogP contribution is -2.23. The summed E-state index contributed by atoms with van der Waals surface area (Å²) in [5.41, 5.74) is 0.854. The fourth-order valence-electron chi connectivity index (χ4n) is 3.25. The fraction of sp³-hybridized carbons (Fsp3) is 0.500. The molecule has 7 heteroatoms. The van der Waals surface area contributed by atoms with Crippen LogP contribution < -0.4 is 20.1 Å². The van der Waals surface area contributed by atoms with E-state index >= 15 is 0 Å². The van der Waals surface area contributed by atoms with Gasteiger partial charge in [0.15, 0.2) is 11.5 Å². The molecule has 2 heterocycles. The third-order valence-corrected chi connectivity index (χ3v) is 4.72. The van der Waals surface area contributed by atoms with Crippen molar-refractivity contribution in [1.29, 1.82) is 0 Å². The zero-order valence-electron chi connectivity index (χ0n) is 16.4. The summed E-state index contributed by atoms with van der Waals surface area (Å²) in [5, 5.41) is 6.21. The topological polar surface area (TPSA) is 71.5 Å². The van der Waals surface area contributed by atoms with Gasteiger partial charge < -0.3 is 25.0 Å². The lowest BCUT2D eigenvalue weighted by molar-refractivity contribution is 0.251. The molecule has 0 saturated carbocycles.